The highest BCUT2D eigenvalue weighted by Gasteiger charge is 2.17. The zero-order valence-corrected chi connectivity index (χ0v) is 16.6. The van der Waals surface area contributed by atoms with Gasteiger partial charge in [0.05, 0.1) is 6.10 Å². The Morgan fingerprint density at radius 3 is 2.61 bits per heavy atom. The van der Waals surface area contributed by atoms with Crippen molar-refractivity contribution in [1.29, 1.82) is 0 Å². The fourth-order valence-corrected chi connectivity index (χ4v) is 3.13. The molecule has 3 N–H and O–H groups in total. The molecule has 146 valence electrons. The van der Waals surface area contributed by atoms with Crippen LogP contribution < -0.4 is 16.0 Å². The van der Waals surface area contributed by atoms with E-state index in [0.29, 0.717) is 28.4 Å². The summed E-state index contributed by atoms with van der Waals surface area (Å²) >= 11 is 11.0. The summed E-state index contributed by atoms with van der Waals surface area (Å²) in [5.74, 6) is -0.533. The van der Waals surface area contributed by atoms with E-state index in [4.69, 9.17) is 28.6 Å². The molecule has 2 aromatic carbocycles. The van der Waals surface area contributed by atoms with Gasteiger partial charge in [-0.1, -0.05) is 17.7 Å². The number of hydrogen-bond acceptors (Lipinski definition) is 4. The molecule has 2 aromatic rings. The van der Waals surface area contributed by atoms with Crippen LogP contribution in [0.1, 0.15) is 33.6 Å². The number of rotatable bonds is 5. The fourth-order valence-electron chi connectivity index (χ4n) is 2.79. The van der Waals surface area contributed by atoms with Crippen molar-refractivity contribution < 1.29 is 14.3 Å². The van der Waals surface area contributed by atoms with E-state index in [0.717, 1.165) is 19.4 Å². The molecule has 28 heavy (non-hydrogen) atoms. The molecule has 1 aliphatic rings. The zero-order valence-electron chi connectivity index (χ0n) is 15.0. The van der Waals surface area contributed by atoms with Crippen molar-refractivity contribution in [3.05, 3.63) is 64.7 Å². The van der Waals surface area contributed by atoms with E-state index in [1.165, 1.54) is 0 Å². The van der Waals surface area contributed by atoms with Gasteiger partial charge in [0.1, 0.15) is 0 Å². The minimum absolute atomic E-state index is 0.0842. The van der Waals surface area contributed by atoms with Crippen molar-refractivity contribution in [2.24, 2.45) is 0 Å². The van der Waals surface area contributed by atoms with Crippen LogP contribution >= 0.6 is 23.8 Å². The second kappa shape index (κ2) is 9.64. The number of benzene rings is 2. The summed E-state index contributed by atoms with van der Waals surface area (Å²) in [4.78, 5) is 24.5. The normalized spacial score (nSPS) is 15.7. The molecule has 0 saturated carbocycles. The highest BCUT2D eigenvalue weighted by Crippen LogP contribution is 2.13. The standard InChI is InChI=1S/C20H20ClN3O3S/c21-15-8-6-13(7-9-15)19(26)24-20(28)23-16-4-1-3-14(11-16)18(25)22-12-17-5-2-10-27-17/h1,3-4,6-9,11,17H,2,5,10,12H2,(H,22,25)(H2,23,24,26,28). The van der Waals surface area contributed by atoms with Crippen LogP contribution in [0.15, 0.2) is 48.5 Å². The van der Waals surface area contributed by atoms with Crippen LogP contribution in [-0.4, -0.2) is 36.2 Å². The van der Waals surface area contributed by atoms with Gasteiger partial charge in [-0.15, -0.1) is 0 Å². The molecule has 1 heterocycles. The molecule has 0 spiro atoms. The smallest absolute Gasteiger partial charge is 0.257 e. The summed E-state index contributed by atoms with van der Waals surface area (Å²) < 4.78 is 5.50. The van der Waals surface area contributed by atoms with Crippen LogP contribution in [0.4, 0.5) is 5.69 Å². The molecule has 8 heteroatoms. The number of anilines is 1. The van der Waals surface area contributed by atoms with Crippen LogP contribution in [0.25, 0.3) is 0 Å². The first kappa shape index (κ1) is 20.3. The Morgan fingerprint density at radius 1 is 1.11 bits per heavy atom. The van der Waals surface area contributed by atoms with Crippen LogP contribution in [0.3, 0.4) is 0 Å². The van der Waals surface area contributed by atoms with Gasteiger partial charge < -0.3 is 15.4 Å². The second-order valence-electron chi connectivity index (χ2n) is 6.34. The lowest BCUT2D eigenvalue weighted by Gasteiger charge is -2.12. The van der Waals surface area contributed by atoms with Gasteiger partial charge in [-0.05, 0) is 67.5 Å². The molecule has 0 radical (unpaired) electrons. The Morgan fingerprint density at radius 2 is 1.89 bits per heavy atom. The molecular formula is C20H20ClN3O3S. The molecule has 2 amide bonds. The van der Waals surface area contributed by atoms with Crippen molar-refractivity contribution in [2.75, 3.05) is 18.5 Å². The van der Waals surface area contributed by atoms with Gasteiger partial charge >= 0.3 is 0 Å². The number of carbonyl (C=O) groups is 2. The summed E-state index contributed by atoms with van der Waals surface area (Å²) in [5.41, 5.74) is 1.54. The maximum atomic E-state index is 12.3. The number of thiocarbonyl (C=S) groups is 1. The Hall–Kier alpha value is -2.48. The van der Waals surface area contributed by atoms with Crippen molar-refractivity contribution in [3.63, 3.8) is 0 Å². The molecule has 3 rings (SSSR count). The Balaban J connectivity index is 1.54. The molecule has 6 nitrogen and oxygen atoms in total. The van der Waals surface area contributed by atoms with E-state index < -0.39 is 0 Å². The lowest BCUT2D eigenvalue weighted by Crippen LogP contribution is -2.34. The van der Waals surface area contributed by atoms with E-state index in [-0.39, 0.29) is 23.0 Å². The SMILES string of the molecule is O=C(NCC1CCCO1)c1cccc(NC(=S)NC(=O)c2ccc(Cl)cc2)c1. The molecule has 1 atom stereocenters. The first-order valence-electron chi connectivity index (χ1n) is 8.89. The third-order valence-corrected chi connectivity index (χ3v) is 4.69. The minimum Gasteiger partial charge on any atom is -0.376 e. The fraction of sp³-hybridized carbons (Fsp3) is 0.250. The minimum atomic E-state index is -0.348. The maximum absolute atomic E-state index is 12.3. The largest absolute Gasteiger partial charge is 0.376 e. The molecule has 1 unspecified atom stereocenters. The topological polar surface area (TPSA) is 79.5 Å². The van der Waals surface area contributed by atoms with Crippen LogP contribution in [0.5, 0.6) is 0 Å². The Kier molecular flexibility index (Phi) is 6.97. The first-order valence-corrected chi connectivity index (χ1v) is 9.67. The molecule has 1 saturated heterocycles. The third-order valence-electron chi connectivity index (χ3n) is 4.23. The average Bonchev–Trinajstić information content (AvgIpc) is 3.20. The lowest BCUT2D eigenvalue weighted by atomic mass is 10.1. The Labute approximate surface area is 173 Å². The summed E-state index contributed by atoms with van der Waals surface area (Å²) in [7, 11) is 0. The highest BCUT2D eigenvalue weighted by atomic mass is 35.5. The van der Waals surface area contributed by atoms with Gasteiger partial charge in [0.15, 0.2) is 5.11 Å². The number of nitrogens with one attached hydrogen (secondary N) is 3. The number of hydrogen-bond donors (Lipinski definition) is 3. The molecule has 1 aliphatic heterocycles. The van der Waals surface area contributed by atoms with Gasteiger partial charge in [-0.2, -0.15) is 0 Å². The van der Waals surface area contributed by atoms with Crippen molar-refractivity contribution >= 4 is 46.4 Å². The first-order chi connectivity index (χ1) is 13.5. The van der Waals surface area contributed by atoms with E-state index >= 15 is 0 Å². The van der Waals surface area contributed by atoms with Crippen LogP contribution in [-0.2, 0) is 4.74 Å². The van der Waals surface area contributed by atoms with Crippen LogP contribution in [0.2, 0.25) is 5.02 Å². The predicted molar refractivity (Wildman–Crippen MR) is 113 cm³/mol. The highest BCUT2D eigenvalue weighted by molar-refractivity contribution is 7.80. The van der Waals surface area contributed by atoms with Gasteiger partial charge in [-0.25, -0.2) is 0 Å². The average molecular weight is 418 g/mol. The van der Waals surface area contributed by atoms with E-state index in [9.17, 15) is 9.59 Å². The van der Waals surface area contributed by atoms with E-state index in [1.54, 1.807) is 48.5 Å². The van der Waals surface area contributed by atoms with Gasteiger partial charge in [0.2, 0.25) is 0 Å². The van der Waals surface area contributed by atoms with E-state index in [1.807, 2.05) is 0 Å². The second-order valence-corrected chi connectivity index (χ2v) is 7.19. The van der Waals surface area contributed by atoms with Crippen molar-refractivity contribution in [1.82, 2.24) is 10.6 Å². The predicted octanol–water partition coefficient (Wildman–Crippen LogP) is 3.38. The number of amides is 2. The van der Waals surface area contributed by atoms with Crippen molar-refractivity contribution in [2.45, 2.75) is 18.9 Å². The quantitative estimate of drug-likeness (QED) is 0.650. The Bertz CT molecular complexity index is 867. The summed E-state index contributed by atoms with van der Waals surface area (Å²) in [6.07, 6.45) is 2.07. The molecule has 0 bridgehead atoms. The number of ether oxygens (including phenoxy) is 1. The monoisotopic (exact) mass is 417 g/mol. The molecule has 0 aromatic heterocycles. The summed E-state index contributed by atoms with van der Waals surface area (Å²) in [5, 5.41) is 9.07. The van der Waals surface area contributed by atoms with Crippen LogP contribution in [0, 0.1) is 0 Å². The molecule has 0 aliphatic carbocycles. The van der Waals surface area contributed by atoms with Gasteiger partial charge in [0, 0.05) is 35.0 Å². The van der Waals surface area contributed by atoms with E-state index in [2.05, 4.69) is 16.0 Å². The third kappa shape index (κ3) is 5.76. The zero-order chi connectivity index (χ0) is 19.9. The van der Waals surface area contributed by atoms with Gasteiger partial charge in [0.25, 0.3) is 11.8 Å². The van der Waals surface area contributed by atoms with Gasteiger partial charge in [-0.3, -0.25) is 14.9 Å². The summed E-state index contributed by atoms with van der Waals surface area (Å²) in [6, 6.07) is 13.4. The lowest BCUT2D eigenvalue weighted by molar-refractivity contribution is 0.0857. The molecular weight excluding hydrogens is 398 g/mol. The molecule has 1 fully saturated rings. The summed E-state index contributed by atoms with van der Waals surface area (Å²) in [6.45, 7) is 1.24. The van der Waals surface area contributed by atoms with Crippen molar-refractivity contribution in [3.8, 4) is 0 Å². The number of halogens is 1. The maximum Gasteiger partial charge on any atom is 0.257 e. The number of carbonyl (C=O) groups excluding carboxylic acids is 2.